The van der Waals surface area contributed by atoms with Crippen LogP contribution in [0.2, 0.25) is 0 Å². The number of unbranched alkanes of at least 4 members (excludes halogenated alkanes) is 7. The van der Waals surface area contributed by atoms with E-state index in [2.05, 4.69) is 44.6 Å². The Morgan fingerprint density at radius 3 is 1.69 bits per heavy atom. The molecule has 0 aromatic carbocycles. The van der Waals surface area contributed by atoms with Gasteiger partial charge < -0.3 is 0 Å². The highest BCUT2D eigenvalue weighted by molar-refractivity contribution is 5.08. The van der Waals surface area contributed by atoms with Crippen molar-refractivity contribution in [1.82, 2.24) is 0 Å². The molecule has 1 radical (unpaired) electrons. The third-order valence-electron chi connectivity index (χ3n) is 2.69. The van der Waals surface area contributed by atoms with E-state index in [1.54, 1.807) is 0 Å². The van der Waals surface area contributed by atoms with Crippen LogP contribution in [0.3, 0.4) is 0 Å². The molecule has 16 heavy (non-hydrogen) atoms. The van der Waals surface area contributed by atoms with E-state index in [9.17, 15) is 0 Å². The van der Waals surface area contributed by atoms with E-state index >= 15 is 0 Å². The van der Waals surface area contributed by atoms with Crippen LogP contribution in [0.5, 0.6) is 0 Å². The summed E-state index contributed by atoms with van der Waals surface area (Å²) in [5.41, 5.74) is 0. The molecule has 0 aromatic rings. The third kappa shape index (κ3) is 13.5. The fourth-order valence-corrected chi connectivity index (χ4v) is 1.61. The molecule has 0 rings (SSSR count). The summed E-state index contributed by atoms with van der Waals surface area (Å²) in [6.07, 6.45) is 23.0. The van der Waals surface area contributed by atoms with E-state index in [1.165, 1.54) is 57.8 Å². The van der Waals surface area contributed by atoms with Crippen LogP contribution in [-0.4, -0.2) is 0 Å². The van der Waals surface area contributed by atoms with Gasteiger partial charge in [0.05, 0.1) is 0 Å². The second kappa shape index (κ2) is 14.5. The summed E-state index contributed by atoms with van der Waals surface area (Å²) in [5.74, 6) is 0. The van der Waals surface area contributed by atoms with Crippen molar-refractivity contribution < 1.29 is 0 Å². The molecule has 0 nitrogen and oxygen atoms in total. The van der Waals surface area contributed by atoms with Crippen molar-refractivity contribution in [2.75, 3.05) is 0 Å². The summed E-state index contributed by atoms with van der Waals surface area (Å²) < 4.78 is 0. The monoisotopic (exact) mass is 221 g/mol. The van der Waals surface area contributed by atoms with Crippen LogP contribution < -0.4 is 0 Å². The van der Waals surface area contributed by atoms with Crippen LogP contribution in [0.15, 0.2) is 24.3 Å². The van der Waals surface area contributed by atoms with E-state index < -0.39 is 0 Å². The molecule has 0 aliphatic carbocycles. The molecular weight excluding hydrogens is 192 g/mol. The fourth-order valence-electron chi connectivity index (χ4n) is 1.61. The summed E-state index contributed by atoms with van der Waals surface area (Å²) in [7, 11) is 0. The zero-order valence-electron chi connectivity index (χ0n) is 11.3. The first kappa shape index (κ1) is 15.5. The second-order valence-electron chi connectivity index (χ2n) is 4.39. The molecular formula is C16H29. The average molecular weight is 221 g/mol. The van der Waals surface area contributed by atoms with Gasteiger partial charge in [-0.15, -0.1) is 0 Å². The summed E-state index contributed by atoms with van der Waals surface area (Å²) in [4.78, 5) is 0. The number of hydrogen-bond donors (Lipinski definition) is 0. The number of hydrogen-bond acceptors (Lipinski definition) is 0. The largest absolute Gasteiger partial charge is 0.0879 e. The highest BCUT2D eigenvalue weighted by Crippen LogP contribution is 2.03. The van der Waals surface area contributed by atoms with E-state index in [0.717, 1.165) is 0 Å². The first-order chi connectivity index (χ1) is 7.91. The molecule has 0 saturated carbocycles. The van der Waals surface area contributed by atoms with Gasteiger partial charge in [-0.25, -0.2) is 0 Å². The Kier molecular flexibility index (Phi) is 14.0. The zero-order chi connectivity index (χ0) is 11.9. The Bertz CT molecular complexity index is 165. The lowest BCUT2D eigenvalue weighted by Gasteiger charge is -1.93. The fraction of sp³-hybridized carbons (Fsp3) is 0.688. The maximum absolute atomic E-state index is 2.28. The molecule has 0 aliphatic rings. The number of allylic oxidation sites excluding steroid dienone is 4. The summed E-state index contributed by atoms with van der Waals surface area (Å²) in [6.45, 7) is 4.50. The lowest BCUT2D eigenvalue weighted by molar-refractivity contribution is 0.674. The molecule has 0 bridgehead atoms. The lowest BCUT2D eigenvalue weighted by Crippen LogP contribution is -1.74. The molecule has 93 valence electrons. The maximum Gasteiger partial charge on any atom is 0.00441 e. The quantitative estimate of drug-likeness (QED) is 0.384. The normalized spacial score (nSPS) is 11.9. The van der Waals surface area contributed by atoms with Crippen molar-refractivity contribution in [3.8, 4) is 0 Å². The Morgan fingerprint density at radius 1 is 0.625 bits per heavy atom. The average Bonchev–Trinajstić information content (AvgIpc) is 2.31. The molecule has 0 atom stereocenters. The minimum Gasteiger partial charge on any atom is -0.0879 e. The van der Waals surface area contributed by atoms with Gasteiger partial charge in [-0.05, 0) is 25.7 Å². The first-order valence-corrected chi connectivity index (χ1v) is 7.06. The molecule has 0 amide bonds. The molecule has 0 aliphatic heterocycles. The van der Waals surface area contributed by atoms with Crippen LogP contribution >= 0.6 is 0 Å². The van der Waals surface area contributed by atoms with Gasteiger partial charge in [-0.2, -0.15) is 0 Å². The van der Waals surface area contributed by atoms with E-state index in [1.807, 2.05) is 0 Å². The molecule has 0 N–H and O–H groups in total. The molecule has 0 heterocycles. The Labute approximate surface area is 103 Å². The highest BCUT2D eigenvalue weighted by Gasteiger charge is 1.84. The summed E-state index contributed by atoms with van der Waals surface area (Å²) >= 11 is 0. The van der Waals surface area contributed by atoms with Gasteiger partial charge in [0, 0.05) is 6.42 Å². The minimum atomic E-state index is 1.23. The van der Waals surface area contributed by atoms with Gasteiger partial charge in [0.1, 0.15) is 0 Å². The molecule has 0 fully saturated rings. The minimum absolute atomic E-state index is 1.23. The lowest BCUT2D eigenvalue weighted by atomic mass is 10.1. The second-order valence-corrected chi connectivity index (χ2v) is 4.39. The van der Waals surface area contributed by atoms with Crippen molar-refractivity contribution in [1.29, 1.82) is 0 Å². The summed E-state index contributed by atoms with van der Waals surface area (Å²) in [6, 6.07) is 0. The number of rotatable bonds is 11. The van der Waals surface area contributed by atoms with Crippen molar-refractivity contribution in [3.05, 3.63) is 30.7 Å². The van der Waals surface area contributed by atoms with E-state index in [-0.39, 0.29) is 0 Å². The van der Waals surface area contributed by atoms with Crippen molar-refractivity contribution in [2.24, 2.45) is 0 Å². The van der Waals surface area contributed by atoms with Crippen LogP contribution in [0.4, 0.5) is 0 Å². The standard InChI is InChI=1S/C16H29/c1-3-5-7-9-11-13-15-16-14-12-10-8-6-4-2/h11,13-16H,3-10,12H2,1-2H3. The van der Waals surface area contributed by atoms with Crippen molar-refractivity contribution >= 4 is 0 Å². The molecule has 0 heteroatoms. The van der Waals surface area contributed by atoms with Crippen molar-refractivity contribution in [3.63, 3.8) is 0 Å². The smallest absolute Gasteiger partial charge is 0.00441 e. The molecule has 0 unspecified atom stereocenters. The van der Waals surface area contributed by atoms with Crippen LogP contribution in [0.1, 0.15) is 71.6 Å². The molecule has 0 aromatic heterocycles. The first-order valence-electron chi connectivity index (χ1n) is 7.06. The topological polar surface area (TPSA) is 0 Å². The van der Waals surface area contributed by atoms with Crippen LogP contribution in [0.25, 0.3) is 0 Å². The van der Waals surface area contributed by atoms with Gasteiger partial charge >= 0.3 is 0 Å². The van der Waals surface area contributed by atoms with Gasteiger partial charge in [-0.1, -0.05) is 70.3 Å². The maximum atomic E-state index is 2.28. The Morgan fingerprint density at radius 2 is 1.12 bits per heavy atom. The van der Waals surface area contributed by atoms with Crippen LogP contribution in [0, 0.1) is 6.42 Å². The SMILES string of the molecule is CCCCCC=C[CH]C=CCCCCCC. The van der Waals surface area contributed by atoms with Gasteiger partial charge in [0.25, 0.3) is 0 Å². The zero-order valence-corrected chi connectivity index (χ0v) is 11.3. The molecule has 0 saturated heterocycles. The predicted molar refractivity (Wildman–Crippen MR) is 75.5 cm³/mol. The van der Waals surface area contributed by atoms with Crippen molar-refractivity contribution in [2.45, 2.75) is 71.6 Å². The summed E-state index contributed by atoms with van der Waals surface area (Å²) in [5, 5.41) is 0. The van der Waals surface area contributed by atoms with Gasteiger partial charge in [0.2, 0.25) is 0 Å². The third-order valence-corrected chi connectivity index (χ3v) is 2.69. The van der Waals surface area contributed by atoms with Crippen LogP contribution in [-0.2, 0) is 0 Å². The van der Waals surface area contributed by atoms with Gasteiger partial charge in [0.15, 0.2) is 0 Å². The van der Waals surface area contributed by atoms with Gasteiger partial charge in [-0.3, -0.25) is 0 Å². The predicted octanol–water partition coefficient (Wildman–Crippen LogP) is 5.85. The Balaban J connectivity index is 3.14. The highest BCUT2D eigenvalue weighted by atomic mass is 13.9. The van der Waals surface area contributed by atoms with E-state index in [4.69, 9.17) is 0 Å². The Hall–Kier alpha value is -0.520. The molecule has 0 spiro atoms. The van der Waals surface area contributed by atoms with E-state index in [0.29, 0.717) is 0 Å².